The monoisotopic (exact) mass is 314 g/mol. The predicted octanol–water partition coefficient (Wildman–Crippen LogP) is 4.52. The fourth-order valence-corrected chi connectivity index (χ4v) is 2.33. The number of hydrogen-bond donors (Lipinski definition) is 0. The molecule has 1 aromatic carbocycles. The Kier molecular flexibility index (Phi) is 5.29. The minimum absolute atomic E-state index is 0.116. The lowest BCUT2D eigenvalue weighted by Gasteiger charge is -2.09. The smallest absolute Gasteiger partial charge is 0.157 e. The molecule has 3 nitrogen and oxygen atoms in total. The fourth-order valence-electron chi connectivity index (χ4n) is 1.71. The summed E-state index contributed by atoms with van der Waals surface area (Å²) in [5.74, 6) is -0.0385. The van der Waals surface area contributed by atoms with Crippen LogP contribution in [0.2, 0.25) is 10.3 Å². The van der Waals surface area contributed by atoms with Crippen LogP contribution in [0.25, 0.3) is 11.1 Å². The van der Waals surface area contributed by atoms with Crippen molar-refractivity contribution in [1.82, 2.24) is 9.97 Å². The van der Waals surface area contributed by atoms with E-state index in [2.05, 4.69) is 9.97 Å². The van der Waals surface area contributed by atoms with Crippen LogP contribution in [0.4, 0.5) is 4.39 Å². The van der Waals surface area contributed by atoms with Gasteiger partial charge in [-0.15, -0.1) is 0 Å². The molecule has 1 aromatic heterocycles. The van der Waals surface area contributed by atoms with Crippen LogP contribution in [0.3, 0.4) is 0 Å². The van der Waals surface area contributed by atoms with Crippen molar-refractivity contribution in [3.05, 3.63) is 46.2 Å². The van der Waals surface area contributed by atoms with E-state index >= 15 is 0 Å². The lowest BCUT2D eigenvalue weighted by atomic mass is 10.1. The Hall–Kier alpha value is -1.23. The van der Waals surface area contributed by atoms with E-state index in [9.17, 15) is 4.39 Å². The lowest BCUT2D eigenvalue weighted by Crippen LogP contribution is -2.02. The first-order valence-electron chi connectivity index (χ1n) is 6.18. The van der Waals surface area contributed by atoms with Gasteiger partial charge in [0.25, 0.3) is 0 Å². The van der Waals surface area contributed by atoms with Gasteiger partial charge < -0.3 is 4.74 Å². The van der Waals surface area contributed by atoms with Gasteiger partial charge in [0.15, 0.2) is 5.82 Å². The molecular formula is C14H13Cl2FN2O. The van der Waals surface area contributed by atoms with Crippen LogP contribution in [-0.2, 0) is 11.3 Å². The van der Waals surface area contributed by atoms with E-state index in [0.717, 1.165) is 6.42 Å². The van der Waals surface area contributed by atoms with Crippen molar-refractivity contribution in [3.63, 3.8) is 0 Å². The van der Waals surface area contributed by atoms with Gasteiger partial charge in [-0.05, 0) is 12.5 Å². The van der Waals surface area contributed by atoms with Crippen molar-refractivity contribution >= 4 is 23.2 Å². The highest BCUT2D eigenvalue weighted by Crippen LogP contribution is 2.33. The topological polar surface area (TPSA) is 35.0 Å². The van der Waals surface area contributed by atoms with Gasteiger partial charge in [0.05, 0.1) is 5.56 Å². The minimum atomic E-state index is -0.421. The molecule has 0 bridgehead atoms. The summed E-state index contributed by atoms with van der Waals surface area (Å²) in [4.78, 5) is 8.20. The van der Waals surface area contributed by atoms with Crippen LogP contribution in [0.1, 0.15) is 19.2 Å². The molecule has 0 radical (unpaired) electrons. The largest absolute Gasteiger partial charge is 0.373 e. The van der Waals surface area contributed by atoms with Gasteiger partial charge in [0.2, 0.25) is 0 Å². The summed E-state index contributed by atoms with van der Waals surface area (Å²) in [6, 6.07) is 6.21. The van der Waals surface area contributed by atoms with Crippen molar-refractivity contribution in [2.45, 2.75) is 20.0 Å². The summed E-state index contributed by atoms with van der Waals surface area (Å²) in [7, 11) is 0. The third-order valence-corrected chi connectivity index (χ3v) is 3.14. The normalized spacial score (nSPS) is 10.8. The highest BCUT2D eigenvalue weighted by atomic mass is 35.5. The number of aromatic nitrogens is 2. The summed E-state index contributed by atoms with van der Waals surface area (Å²) in [5.41, 5.74) is 0.578. The zero-order valence-corrected chi connectivity index (χ0v) is 12.4. The van der Waals surface area contributed by atoms with E-state index in [4.69, 9.17) is 27.9 Å². The van der Waals surface area contributed by atoms with Crippen molar-refractivity contribution < 1.29 is 9.13 Å². The standard InChI is InChI=1S/C14H13Cl2FN2O/c1-2-7-20-8-11-18-13(15)12(14(16)19-11)9-5-3-4-6-10(9)17/h3-6H,2,7-8H2,1H3. The molecule has 106 valence electrons. The van der Waals surface area contributed by atoms with Crippen molar-refractivity contribution in [3.8, 4) is 11.1 Å². The van der Waals surface area contributed by atoms with Crippen molar-refractivity contribution in [2.75, 3.05) is 6.61 Å². The summed E-state index contributed by atoms with van der Waals surface area (Å²) >= 11 is 12.2. The van der Waals surface area contributed by atoms with Crippen molar-refractivity contribution in [2.24, 2.45) is 0 Å². The van der Waals surface area contributed by atoms with Crippen LogP contribution < -0.4 is 0 Å². The number of hydrogen-bond acceptors (Lipinski definition) is 3. The molecule has 0 atom stereocenters. The van der Waals surface area contributed by atoms with Gasteiger partial charge in [-0.3, -0.25) is 0 Å². The van der Waals surface area contributed by atoms with Crippen LogP contribution in [-0.4, -0.2) is 16.6 Å². The van der Waals surface area contributed by atoms with Gasteiger partial charge in [0.1, 0.15) is 22.7 Å². The van der Waals surface area contributed by atoms with Crippen LogP contribution >= 0.6 is 23.2 Å². The van der Waals surface area contributed by atoms with E-state index in [1.807, 2.05) is 6.92 Å². The third-order valence-electron chi connectivity index (χ3n) is 2.59. The number of benzene rings is 1. The van der Waals surface area contributed by atoms with E-state index in [1.54, 1.807) is 18.2 Å². The molecule has 20 heavy (non-hydrogen) atoms. The van der Waals surface area contributed by atoms with Gasteiger partial charge in [-0.2, -0.15) is 0 Å². The van der Waals surface area contributed by atoms with E-state index < -0.39 is 5.82 Å². The quantitative estimate of drug-likeness (QED) is 0.601. The van der Waals surface area contributed by atoms with Gasteiger partial charge in [0, 0.05) is 12.2 Å². The molecular weight excluding hydrogens is 302 g/mol. The fraction of sp³-hybridized carbons (Fsp3) is 0.286. The average molecular weight is 315 g/mol. The molecule has 2 rings (SSSR count). The summed E-state index contributed by atoms with van der Waals surface area (Å²) < 4.78 is 19.1. The van der Waals surface area contributed by atoms with Gasteiger partial charge in [-0.25, -0.2) is 14.4 Å². The number of nitrogens with zero attached hydrogens (tertiary/aromatic N) is 2. The van der Waals surface area contributed by atoms with Gasteiger partial charge in [-0.1, -0.05) is 48.3 Å². The molecule has 0 N–H and O–H groups in total. The zero-order valence-electron chi connectivity index (χ0n) is 10.9. The minimum Gasteiger partial charge on any atom is -0.373 e. The Bertz CT molecular complexity index is 584. The molecule has 0 amide bonds. The maximum Gasteiger partial charge on any atom is 0.157 e. The second-order valence-electron chi connectivity index (χ2n) is 4.13. The highest BCUT2D eigenvalue weighted by molar-refractivity contribution is 6.37. The molecule has 0 saturated heterocycles. The lowest BCUT2D eigenvalue weighted by molar-refractivity contribution is 0.116. The van der Waals surface area contributed by atoms with Crippen LogP contribution in [0.5, 0.6) is 0 Å². The van der Waals surface area contributed by atoms with Crippen LogP contribution in [0.15, 0.2) is 24.3 Å². The predicted molar refractivity (Wildman–Crippen MR) is 77.4 cm³/mol. The van der Waals surface area contributed by atoms with Crippen LogP contribution in [0, 0.1) is 5.82 Å². The Morgan fingerprint density at radius 2 is 1.80 bits per heavy atom. The number of halogens is 3. The maximum atomic E-state index is 13.8. The Morgan fingerprint density at radius 3 is 2.40 bits per heavy atom. The average Bonchev–Trinajstić information content (AvgIpc) is 2.40. The second kappa shape index (κ2) is 6.97. The molecule has 6 heteroatoms. The summed E-state index contributed by atoms with van der Waals surface area (Å²) in [5, 5.41) is 0.232. The zero-order chi connectivity index (χ0) is 14.5. The third kappa shape index (κ3) is 3.45. The SMILES string of the molecule is CCCOCc1nc(Cl)c(-c2ccccc2F)c(Cl)n1. The molecule has 0 aliphatic rings. The Balaban J connectivity index is 2.34. The maximum absolute atomic E-state index is 13.8. The Labute approximate surface area is 126 Å². The summed E-state index contributed by atoms with van der Waals surface area (Å²) in [6.07, 6.45) is 0.898. The first kappa shape index (κ1) is 15.2. The molecule has 1 heterocycles. The molecule has 2 aromatic rings. The van der Waals surface area contributed by atoms with E-state index in [-0.39, 0.29) is 22.5 Å². The molecule has 0 spiro atoms. The summed E-state index contributed by atoms with van der Waals surface area (Å²) in [6.45, 7) is 2.83. The first-order chi connectivity index (χ1) is 9.63. The Morgan fingerprint density at radius 1 is 1.15 bits per heavy atom. The van der Waals surface area contributed by atoms with Gasteiger partial charge >= 0.3 is 0 Å². The molecule has 0 aliphatic carbocycles. The van der Waals surface area contributed by atoms with Crippen molar-refractivity contribution in [1.29, 1.82) is 0 Å². The molecule has 0 unspecified atom stereocenters. The van der Waals surface area contributed by atoms with E-state index in [0.29, 0.717) is 18.0 Å². The second-order valence-corrected chi connectivity index (χ2v) is 4.84. The number of ether oxygens (including phenoxy) is 1. The van der Waals surface area contributed by atoms with E-state index in [1.165, 1.54) is 6.07 Å². The highest BCUT2D eigenvalue weighted by Gasteiger charge is 2.16. The first-order valence-corrected chi connectivity index (χ1v) is 6.93. The molecule has 0 fully saturated rings. The molecule has 0 aliphatic heterocycles. The number of rotatable bonds is 5. The molecule has 0 saturated carbocycles.